The highest BCUT2D eigenvalue weighted by molar-refractivity contribution is 8.27. The van der Waals surface area contributed by atoms with Crippen LogP contribution in [0.4, 0.5) is 32.0 Å². The van der Waals surface area contributed by atoms with Crippen molar-refractivity contribution >= 4 is 51.9 Å². The van der Waals surface area contributed by atoms with Gasteiger partial charge in [-0.05, 0) is 42.5 Å². The Morgan fingerprint density at radius 1 is 0.974 bits per heavy atom. The third-order valence-corrected chi connectivity index (χ3v) is 6.32. The average Bonchev–Trinajstić information content (AvgIpc) is 3.10. The van der Waals surface area contributed by atoms with Gasteiger partial charge < -0.3 is 10.2 Å². The lowest BCUT2D eigenvalue weighted by Crippen LogP contribution is -2.27. The summed E-state index contributed by atoms with van der Waals surface area (Å²) in [4.78, 5) is 31.9. The molecule has 1 fully saturated rings. The molecule has 1 aliphatic heterocycles. The fourth-order valence-electron chi connectivity index (χ4n) is 3.33. The van der Waals surface area contributed by atoms with E-state index in [9.17, 15) is 41.0 Å². The van der Waals surface area contributed by atoms with Crippen molar-refractivity contribution in [2.24, 2.45) is 0 Å². The smallest absolute Gasteiger partial charge is 0.433 e. The normalized spacial score (nSPS) is 15.4. The quantitative estimate of drug-likeness (QED) is 0.224. The lowest BCUT2D eigenvalue weighted by atomic mass is 10.1. The van der Waals surface area contributed by atoms with Gasteiger partial charge in [-0.3, -0.25) is 9.69 Å². The summed E-state index contributed by atoms with van der Waals surface area (Å²) < 4.78 is 79.1. The van der Waals surface area contributed by atoms with Crippen LogP contribution in [0.15, 0.2) is 53.4 Å². The van der Waals surface area contributed by atoms with E-state index < -0.39 is 52.5 Å². The van der Waals surface area contributed by atoms with E-state index in [2.05, 4.69) is 9.97 Å². The number of halogens is 6. The summed E-state index contributed by atoms with van der Waals surface area (Å²) in [6.45, 7) is 0. The number of carboxylic acids is 1. The number of thiocarbonyl (C=S) groups is 1. The van der Waals surface area contributed by atoms with Crippen LogP contribution in [-0.2, 0) is 17.1 Å². The maximum atomic E-state index is 13.2. The number of carbonyl (C=O) groups excluding carboxylic acids is 1. The van der Waals surface area contributed by atoms with E-state index in [1.165, 1.54) is 30.3 Å². The SMILES string of the molecule is O=C(O)c1ccc(N2C(=O)/C(=C/c3cccc(-c4cc(C(F)(F)F)nc(C(F)(F)F)c4)n3)SC2=S)cc1O. The standard InChI is InChI=1S/C23H11F6N3O4S2/c24-22(25,26)17-6-10(7-18(31-17)23(27,28)29)14-3-1-2-11(30-14)8-16-19(34)32(21(37)38-16)12-4-5-13(20(35)36)15(33)9-12/h1-9,33H,(H,35,36)/b16-8-. The minimum absolute atomic E-state index is 0.0168. The summed E-state index contributed by atoms with van der Waals surface area (Å²) in [5.74, 6) is -2.65. The Labute approximate surface area is 218 Å². The number of amides is 1. The van der Waals surface area contributed by atoms with Crippen LogP contribution in [-0.4, -0.2) is 36.4 Å². The number of hydrogen-bond donors (Lipinski definition) is 2. The number of anilines is 1. The molecule has 1 aliphatic rings. The summed E-state index contributed by atoms with van der Waals surface area (Å²) in [6, 6.07) is 8.16. The summed E-state index contributed by atoms with van der Waals surface area (Å²) in [7, 11) is 0. The van der Waals surface area contributed by atoms with Crippen LogP contribution >= 0.6 is 24.0 Å². The molecule has 3 aromatic rings. The molecular formula is C23H11F6N3O4S2. The first-order chi connectivity index (χ1) is 17.6. The predicted molar refractivity (Wildman–Crippen MR) is 128 cm³/mol. The van der Waals surface area contributed by atoms with E-state index >= 15 is 0 Å². The highest BCUT2D eigenvalue weighted by atomic mass is 32.2. The van der Waals surface area contributed by atoms with Gasteiger partial charge in [0.25, 0.3) is 5.91 Å². The average molecular weight is 571 g/mol. The second-order valence-corrected chi connectivity index (χ2v) is 9.27. The zero-order chi connectivity index (χ0) is 28.0. The summed E-state index contributed by atoms with van der Waals surface area (Å²) >= 11 is 6.03. The molecule has 0 atom stereocenters. The predicted octanol–water partition coefficient (Wildman–Crippen LogP) is 5.99. The molecule has 0 saturated carbocycles. The number of benzene rings is 1. The Kier molecular flexibility index (Phi) is 6.92. The van der Waals surface area contributed by atoms with Crippen molar-refractivity contribution in [3.8, 4) is 17.0 Å². The Morgan fingerprint density at radius 2 is 1.61 bits per heavy atom. The lowest BCUT2D eigenvalue weighted by Gasteiger charge is -2.15. The van der Waals surface area contributed by atoms with Crippen molar-refractivity contribution in [2.45, 2.75) is 12.4 Å². The van der Waals surface area contributed by atoms with E-state index in [0.29, 0.717) is 12.1 Å². The minimum atomic E-state index is -5.14. The van der Waals surface area contributed by atoms with Gasteiger partial charge in [0.05, 0.1) is 22.0 Å². The molecule has 3 heterocycles. The van der Waals surface area contributed by atoms with Gasteiger partial charge in [-0.15, -0.1) is 0 Å². The maximum absolute atomic E-state index is 13.2. The van der Waals surface area contributed by atoms with Crippen molar-refractivity contribution in [3.05, 3.63) is 76.1 Å². The Hall–Kier alpha value is -3.98. The third kappa shape index (κ3) is 5.47. The number of hydrogen-bond acceptors (Lipinski definition) is 7. The van der Waals surface area contributed by atoms with Gasteiger partial charge >= 0.3 is 18.3 Å². The Morgan fingerprint density at radius 3 is 2.16 bits per heavy atom. The summed E-state index contributed by atoms with van der Waals surface area (Å²) in [6.07, 6.45) is -9.04. The van der Waals surface area contributed by atoms with Gasteiger partial charge in [0.2, 0.25) is 0 Å². The number of carbonyl (C=O) groups is 2. The highest BCUT2D eigenvalue weighted by Crippen LogP contribution is 2.39. The molecule has 15 heteroatoms. The molecule has 2 N–H and O–H groups in total. The van der Waals surface area contributed by atoms with Crippen molar-refractivity contribution in [2.75, 3.05) is 4.90 Å². The van der Waals surface area contributed by atoms with Crippen LogP contribution in [0.2, 0.25) is 0 Å². The van der Waals surface area contributed by atoms with Crippen molar-refractivity contribution in [1.29, 1.82) is 0 Å². The van der Waals surface area contributed by atoms with E-state index in [4.69, 9.17) is 17.3 Å². The van der Waals surface area contributed by atoms with Crippen LogP contribution in [0.25, 0.3) is 17.3 Å². The number of aromatic hydroxyl groups is 1. The van der Waals surface area contributed by atoms with Crippen molar-refractivity contribution in [3.63, 3.8) is 0 Å². The third-order valence-electron chi connectivity index (χ3n) is 5.02. The lowest BCUT2D eigenvalue weighted by molar-refractivity contribution is -0.150. The number of alkyl halides is 6. The molecule has 1 saturated heterocycles. The van der Waals surface area contributed by atoms with E-state index in [1.807, 2.05) is 0 Å². The van der Waals surface area contributed by atoms with Crippen LogP contribution < -0.4 is 4.90 Å². The fraction of sp³-hybridized carbons (Fsp3) is 0.0870. The number of carboxylic acid groups (broad SMARTS) is 1. The Balaban J connectivity index is 1.69. The molecule has 0 bridgehead atoms. The first kappa shape index (κ1) is 27.1. The van der Waals surface area contributed by atoms with Gasteiger partial charge in [-0.25, -0.2) is 14.8 Å². The Bertz CT molecular complexity index is 1490. The molecule has 2 aromatic heterocycles. The first-order valence-electron chi connectivity index (χ1n) is 10.1. The number of nitrogens with zero attached hydrogens (tertiary/aromatic N) is 3. The zero-order valence-electron chi connectivity index (χ0n) is 18.3. The zero-order valence-corrected chi connectivity index (χ0v) is 20.0. The van der Waals surface area contributed by atoms with Crippen LogP contribution in [0.5, 0.6) is 5.75 Å². The van der Waals surface area contributed by atoms with Gasteiger partial charge in [0.1, 0.15) is 22.7 Å². The molecular weight excluding hydrogens is 560 g/mol. The topological polar surface area (TPSA) is 104 Å². The molecule has 1 amide bonds. The second kappa shape index (κ2) is 9.72. The summed E-state index contributed by atoms with van der Waals surface area (Å²) in [5, 5.41) is 19.0. The molecule has 0 spiro atoms. The van der Waals surface area contributed by atoms with Gasteiger partial charge in [-0.1, -0.05) is 30.0 Å². The molecule has 196 valence electrons. The van der Waals surface area contributed by atoms with Gasteiger partial charge in [0, 0.05) is 11.6 Å². The fourth-order valence-corrected chi connectivity index (χ4v) is 4.61. The molecule has 0 radical (unpaired) electrons. The number of rotatable bonds is 4. The molecule has 7 nitrogen and oxygen atoms in total. The number of aromatic carboxylic acids is 1. The number of pyridine rings is 2. The van der Waals surface area contributed by atoms with Crippen LogP contribution in [0.3, 0.4) is 0 Å². The molecule has 1 aromatic carbocycles. The maximum Gasteiger partial charge on any atom is 0.433 e. The van der Waals surface area contributed by atoms with E-state index in [-0.39, 0.29) is 26.3 Å². The largest absolute Gasteiger partial charge is 0.507 e. The molecule has 4 rings (SSSR count). The van der Waals surface area contributed by atoms with Gasteiger partial charge in [-0.2, -0.15) is 26.3 Å². The van der Waals surface area contributed by atoms with Crippen molar-refractivity contribution < 1.29 is 46.1 Å². The number of phenols is 1. The molecule has 38 heavy (non-hydrogen) atoms. The summed E-state index contributed by atoms with van der Waals surface area (Å²) in [5.41, 5.74) is -4.49. The highest BCUT2D eigenvalue weighted by Gasteiger charge is 2.39. The monoisotopic (exact) mass is 571 g/mol. The number of aromatic nitrogens is 2. The second-order valence-electron chi connectivity index (χ2n) is 7.59. The number of thioether (sulfide) groups is 1. The molecule has 0 aliphatic carbocycles. The van der Waals surface area contributed by atoms with Gasteiger partial charge in [0.15, 0.2) is 4.32 Å². The van der Waals surface area contributed by atoms with E-state index in [0.717, 1.165) is 28.8 Å². The van der Waals surface area contributed by atoms with E-state index in [1.54, 1.807) is 0 Å². The van der Waals surface area contributed by atoms with Crippen LogP contribution in [0.1, 0.15) is 27.4 Å². The van der Waals surface area contributed by atoms with Crippen LogP contribution in [0, 0.1) is 0 Å². The first-order valence-corrected chi connectivity index (χ1v) is 11.4. The minimum Gasteiger partial charge on any atom is -0.507 e. The van der Waals surface area contributed by atoms with Crippen molar-refractivity contribution in [1.82, 2.24) is 9.97 Å². The molecule has 0 unspecified atom stereocenters.